The predicted molar refractivity (Wildman–Crippen MR) is 86.8 cm³/mol. The normalized spacial score (nSPS) is 10.2. The van der Waals surface area contributed by atoms with Gasteiger partial charge in [-0.2, -0.15) is 0 Å². The van der Waals surface area contributed by atoms with Crippen LogP contribution >= 0.6 is 11.3 Å². The van der Waals surface area contributed by atoms with Crippen LogP contribution in [0, 0.1) is 0 Å². The fourth-order valence-electron chi connectivity index (χ4n) is 2.14. The zero-order valence-corrected chi connectivity index (χ0v) is 13.7. The molecule has 0 unspecified atom stereocenters. The van der Waals surface area contributed by atoms with E-state index in [9.17, 15) is 9.59 Å². The Hall–Kier alpha value is -2.34. The zero-order chi connectivity index (χ0) is 16.3. The molecule has 116 valence electrons. The summed E-state index contributed by atoms with van der Waals surface area (Å²) in [6.45, 7) is 0. The molecule has 2 aromatic rings. The second-order valence-corrected chi connectivity index (χ2v) is 5.73. The first-order valence-corrected chi connectivity index (χ1v) is 7.39. The number of thiophene rings is 1. The minimum atomic E-state index is -0.552. The van der Waals surface area contributed by atoms with Gasteiger partial charge in [-0.15, -0.1) is 11.3 Å². The van der Waals surface area contributed by atoms with Crippen molar-refractivity contribution in [3.05, 3.63) is 40.8 Å². The predicted octanol–water partition coefficient (Wildman–Crippen LogP) is 3.05. The monoisotopic (exact) mass is 319 g/mol. The molecule has 2 rings (SSSR count). The van der Waals surface area contributed by atoms with Crippen LogP contribution in [0.15, 0.2) is 30.3 Å². The van der Waals surface area contributed by atoms with Crippen LogP contribution in [-0.2, 0) is 9.47 Å². The Kier molecular flexibility index (Phi) is 4.82. The SMILES string of the molecule is COC(=O)c1sc(N(C)C)c(-c2ccccc2)c1C(=O)OC. The summed E-state index contributed by atoms with van der Waals surface area (Å²) in [6.07, 6.45) is 0. The second kappa shape index (κ2) is 6.62. The number of hydrogen-bond acceptors (Lipinski definition) is 6. The quantitative estimate of drug-likeness (QED) is 0.811. The van der Waals surface area contributed by atoms with E-state index in [1.807, 2.05) is 49.3 Å². The highest BCUT2D eigenvalue weighted by Gasteiger charge is 2.30. The van der Waals surface area contributed by atoms with Gasteiger partial charge in [-0.1, -0.05) is 30.3 Å². The molecule has 1 heterocycles. The number of ether oxygens (including phenoxy) is 2. The van der Waals surface area contributed by atoms with Gasteiger partial charge in [-0.25, -0.2) is 9.59 Å². The Labute approximate surface area is 133 Å². The highest BCUT2D eigenvalue weighted by atomic mass is 32.1. The number of carbonyl (C=O) groups is 2. The molecular weight excluding hydrogens is 302 g/mol. The topological polar surface area (TPSA) is 55.8 Å². The summed E-state index contributed by atoms with van der Waals surface area (Å²) in [4.78, 5) is 26.4. The molecule has 0 atom stereocenters. The summed E-state index contributed by atoms with van der Waals surface area (Å²) in [5.74, 6) is -1.10. The van der Waals surface area contributed by atoms with Crippen LogP contribution in [0.5, 0.6) is 0 Å². The molecule has 22 heavy (non-hydrogen) atoms. The first kappa shape index (κ1) is 16.0. The van der Waals surface area contributed by atoms with Gasteiger partial charge in [0.15, 0.2) is 0 Å². The van der Waals surface area contributed by atoms with Crippen molar-refractivity contribution in [1.82, 2.24) is 0 Å². The third-order valence-corrected chi connectivity index (χ3v) is 4.46. The van der Waals surface area contributed by atoms with Gasteiger partial charge in [-0.3, -0.25) is 0 Å². The van der Waals surface area contributed by atoms with E-state index in [0.29, 0.717) is 5.56 Å². The van der Waals surface area contributed by atoms with Crippen molar-refractivity contribution in [2.75, 3.05) is 33.2 Å². The Balaban J connectivity index is 2.80. The van der Waals surface area contributed by atoms with Gasteiger partial charge in [0.25, 0.3) is 0 Å². The van der Waals surface area contributed by atoms with Gasteiger partial charge >= 0.3 is 11.9 Å². The number of rotatable bonds is 4. The van der Waals surface area contributed by atoms with E-state index >= 15 is 0 Å². The van der Waals surface area contributed by atoms with Gasteiger partial charge in [0, 0.05) is 19.7 Å². The summed E-state index contributed by atoms with van der Waals surface area (Å²) in [5, 5.41) is 0.798. The van der Waals surface area contributed by atoms with Crippen molar-refractivity contribution < 1.29 is 19.1 Å². The van der Waals surface area contributed by atoms with E-state index in [-0.39, 0.29) is 10.4 Å². The van der Waals surface area contributed by atoms with Crippen molar-refractivity contribution in [2.45, 2.75) is 0 Å². The van der Waals surface area contributed by atoms with Crippen LogP contribution in [0.4, 0.5) is 5.00 Å². The van der Waals surface area contributed by atoms with E-state index in [1.54, 1.807) is 0 Å². The second-order valence-electron chi connectivity index (χ2n) is 4.73. The van der Waals surface area contributed by atoms with Crippen LogP contribution in [0.25, 0.3) is 11.1 Å². The Morgan fingerprint density at radius 1 is 1.00 bits per heavy atom. The van der Waals surface area contributed by atoms with Crippen molar-refractivity contribution in [3.8, 4) is 11.1 Å². The van der Waals surface area contributed by atoms with Gasteiger partial charge < -0.3 is 14.4 Å². The minimum absolute atomic E-state index is 0.245. The van der Waals surface area contributed by atoms with Gasteiger partial charge in [0.1, 0.15) is 9.88 Å². The lowest BCUT2D eigenvalue weighted by molar-refractivity contribution is 0.0561. The molecular formula is C16H17NO4S. The Morgan fingerprint density at radius 3 is 2.09 bits per heavy atom. The smallest absolute Gasteiger partial charge is 0.349 e. The minimum Gasteiger partial charge on any atom is -0.465 e. The van der Waals surface area contributed by atoms with Gasteiger partial charge in [0.05, 0.1) is 19.8 Å². The molecule has 0 aliphatic heterocycles. The number of methoxy groups -OCH3 is 2. The third kappa shape index (κ3) is 2.82. The largest absolute Gasteiger partial charge is 0.465 e. The van der Waals surface area contributed by atoms with E-state index in [2.05, 4.69) is 0 Å². The molecule has 5 nitrogen and oxygen atoms in total. The van der Waals surface area contributed by atoms with E-state index in [0.717, 1.165) is 10.6 Å². The molecule has 1 aromatic carbocycles. The van der Waals surface area contributed by atoms with Crippen molar-refractivity contribution in [2.24, 2.45) is 0 Å². The van der Waals surface area contributed by atoms with E-state index in [4.69, 9.17) is 9.47 Å². The van der Waals surface area contributed by atoms with Crippen LogP contribution in [0.3, 0.4) is 0 Å². The lowest BCUT2D eigenvalue weighted by Crippen LogP contribution is -2.11. The van der Waals surface area contributed by atoms with Crippen LogP contribution < -0.4 is 4.90 Å². The number of hydrogen-bond donors (Lipinski definition) is 0. The number of anilines is 1. The molecule has 0 fully saturated rings. The Bertz CT molecular complexity index is 692. The molecule has 0 saturated heterocycles. The van der Waals surface area contributed by atoms with E-state index < -0.39 is 11.9 Å². The number of nitrogens with zero attached hydrogens (tertiary/aromatic N) is 1. The van der Waals surface area contributed by atoms with Crippen molar-refractivity contribution in [1.29, 1.82) is 0 Å². The maximum Gasteiger partial charge on any atom is 0.349 e. The van der Waals surface area contributed by atoms with Gasteiger partial charge in [-0.05, 0) is 5.56 Å². The summed E-state index contributed by atoms with van der Waals surface area (Å²) < 4.78 is 9.67. The summed E-state index contributed by atoms with van der Waals surface area (Å²) in [7, 11) is 6.31. The summed E-state index contributed by atoms with van der Waals surface area (Å²) in [5.41, 5.74) is 1.77. The lowest BCUT2D eigenvalue weighted by atomic mass is 10.0. The van der Waals surface area contributed by atoms with Crippen molar-refractivity contribution >= 4 is 28.3 Å². The average molecular weight is 319 g/mol. The molecule has 0 aliphatic rings. The fourth-order valence-corrected chi connectivity index (χ4v) is 3.29. The zero-order valence-electron chi connectivity index (χ0n) is 12.9. The van der Waals surface area contributed by atoms with Crippen LogP contribution in [-0.4, -0.2) is 40.3 Å². The molecule has 0 bridgehead atoms. The molecule has 0 amide bonds. The Morgan fingerprint density at radius 2 is 1.59 bits per heavy atom. The number of carbonyl (C=O) groups excluding carboxylic acids is 2. The molecule has 0 radical (unpaired) electrons. The van der Waals surface area contributed by atoms with Gasteiger partial charge in [0.2, 0.25) is 0 Å². The number of esters is 2. The maximum absolute atomic E-state index is 12.2. The molecule has 0 aliphatic carbocycles. The molecule has 0 spiro atoms. The van der Waals surface area contributed by atoms with E-state index in [1.165, 1.54) is 25.6 Å². The van der Waals surface area contributed by atoms with Crippen molar-refractivity contribution in [3.63, 3.8) is 0 Å². The summed E-state index contributed by atoms with van der Waals surface area (Å²) in [6, 6.07) is 9.44. The third-order valence-electron chi connectivity index (χ3n) is 3.12. The first-order chi connectivity index (χ1) is 10.5. The molecule has 1 aromatic heterocycles. The summed E-state index contributed by atoms with van der Waals surface area (Å²) >= 11 is 1.22. The molecule has 0 N–H and O–H groups in total. The number of benzene rings is 1. The fraction of sp³-hybridized carbons (Fsp3) is 0.250. The maximum atomic E-state index is 12.2. The highest BCUT2D eigenvalue weighted by molar-refractivity contribution is 7.19. The molecule has 0 saturated carbocycles. The van der Waals surface area contributed by atoms with Crippen LogP contribution in [0.2, 0.25) is 0 Å². The molecule has 6 heteroatoms. The lowest BCUT2D eigenvalue weighted by Gasteiger charge is -2.13. The average Bonchev–Trinajstić information content (AvgIpc) is 2.94. The highest BCUT2D eigenvalue weighted by Crippen LogP contribution is 2.43. The van der Waals surface area contributed by atoms with Crippen LogP contribution in [0.1, 0.15) is 20.0 Å². The standard InChI is InChI=1S/C16H17NO4S/c1-17(2)14-11(10-8-6-5-7-9-10)12(15(18)20-3)13(22-14)16(19)21-4/h5-9H,1-4H3. The first-order valence-electron chi connectivity index (χ1n) is 6.57.